The number of hydrogen-bond acceptors (Lipinski definition) is 2. The molecule has 4 nitrogen and oxygen atoms in total. The van der Waals surface area contributed by atoms with Gasteiger partial charge < -0.3 is 9.13 Å². The lowest BCUT2D eigenvalue weighted by Crippen LogP contribution is -2.09. The predicted molar refractivity (Wildman–Crippen MR) is 81.2 cm³/mol. The number of benzene rings is 1. The van der Waals surface area contributed by atoms with E-state index in [0.29, 0.717) is 5.02 Å². The van der Waals surface area contributed by atoms with Crippen LogP contribution < -0.4 is 0 Å². The van der Waals surface area contributed by atoms with Crippen molar-refractivity contribution in [2.45, 2.75) is 25.4 Å². The zero-order valence-electron chi connectivity index (χ0n) is 11.0. The van der Waals surface area contributed by atoms with Gasteiger partial charge in [0.2, 0.25) is 0 Å². The Balaban J connectivity index is 2.02. The van der Waals surface area contributed by atoms with E-state index in [2.05, 4.69) is 14.5 Å². The Morgan fingerprint density at radius 2 is 2.15 bits per heavy atom. The van der Waals surface area contributed by atoms with E-state index in [1.165, 1.54) is 0 Å². The number of rotatable bonds is 4. The van der Waals surface area contributed by atoms with E-state index < -0.39 is 0 Å². The molecule has 2 aromatic heterocycles. The molecule has 0 aliphatic rings. The highest BCUT2D eigenvalue weighted by Gasteiger charge is 2.16. The maximum atomic E-state index is 6.25. The Labute approximate surface area is 127 Å². The second-order valence-corrected chi connectivity index (χ2v) is 5.71. The minimum Gasteiger partial charge on any atom is -0.336 e. The first-order valence-corrected chi connectivity index (χ1v) is 7.22. The third kappa shape index (κ3) is 2.41. The van der Waals surface area contributed by atoms with Crippen LogP contribution in [0, 0.1) is 0 Å². The van der Waals surface area contributed by atoms with Crippen LogP contribution in [0.3, 0.4) is 0 Å². The normalized spacial score (nSPS) is 12.9. The van der Waals surface area contributed by atoms with Crippen molar-refractivity contribution in [1.82, 2.24) is 19.1 Å². The summed E-state index contributed by atoms with van der Waals surface area (Å²) in [5, 5.41) is 0.490. The second kappa shape index (κ2) is 5.46. The Kier molecular flexibility index (Phi) is 3.68. The molecule has 0 radical (unpaired) electrons. The zero-order valence-corrected chi connectivity index (χ0v) is 12.5. The molecule has 0 saturated heterocycles. The summed E-state index contributed by atoms with van der Waals surface area (Å²) in [6.07, 6.45) is 5.51. The lowest BCUT2D eigenvalue weighted by molar-refractivity contribution is 0.569. The first-order valence-electron chi connectivity index (χ1n) is 6.41. The van der Waals surface area contributed by atoms with Gasteiger partial charge in [-0.2, -0.15) is 0 Å². The number of fused-ring (bicyclic) bond motifs is 1. The summed E-state index contributed by atoms with van der Waals surface area (Å²) in [5.41, 5.74) is 1.82. The Hall–Kier alpha value is -1.52. The monoisotopic (exact) mass is 308 g/mol. The molecule has 0 bridgehead atoms. The van der Waals surface area contributed by atoms with Gasteiger partial charge in [0.15, 0.2) is 0 Å². The van der Waals surface area contributed by atoms with E-state index in [1.54, 1.807) is 12.5 Å². The van der Waals surface area contributed by atoms with Gasteiger partial charge in [-0.1, -0.05) is 17.7 Å². The molecule has 1 atom stereocenters. The number of halogens is 2. The fourth-order valence-corrected chi connectivity index (χ4v) is 2.68. The summed E-state index contributed by atoms with van der Waals surface area (Å²) in [7, 11) is 0. The molecule has 0 N–H and O–H groups in total. The summed E-state index contributed by atoms with van der Waals surface area (Å²) in [5.74, 6) is 0.842. The van der Waals surface area contributed by atoms with Crippen molar-refractivity contribution in [3.8, 4) is 0 Å². The first kappa shape index (κ1) is 13.5. The van der Waals surface area contributed by atoms with Crippen LogP contribution in [-0.2, 0) is 13.1 Å². The molecule has 104 valence electrons. The Morgan fingerprint density at radius 3 is 2.85 bits per heavy atom. The number of aryl methyl sites for hydroxylation is 2. The van der Waals surface area contributed by atoms with Crippen LogP contribution in [0.5, 0.6) is 0 Å². The van der Waals surface area contributed by atoms with Crippen LogP contribution in [0.25, 0.3) is 11.0 Å². The van der Waals surface area contributed by atoms with Gasteiger partial charge in [-0.05, 0) is 19.1 Å². The van der Waals surface area contributed by atoms with Crippen molar-refractivity contribution in [1.29, 1.82) is 0 Å². The van der Waals surface area contributed by atoms with Gasteiger partial charge in [0.05, 0.1) is 22.2 Å². The highest BCUT2D eigenvalue weighted by molar-refractivity contribution is 6.35. The minimum absolute atomic E-state index is 0.166. The standard InChI is InChI=1S/C14H14Cl2N4/c1-10(15)14-18-13-11(16)3-2-4-12(13)20(14)8-7-19-6-5-17-9-19/h2-6,9-10H,7-8H2,1H3. The molecule has 3 rings (SSSR count). The van der Waals surface area contributed by atoms with E-state index >= 15 is 0 Å². The number of alkyl halides is 1. The predicted octanol–water partition coefficient (Wildman–Crippen LogP) is 3.89. The summed E-state index contributed by atoms with van der Waals surface area (Å²) in [6.45, 7) is 3.51. The second-order valence-electron chi connectivity index (χ2n) is 4.65. The highest BCUT2D eigenvalue weighted by atomic mass is 35.5. The summed E-state index contributed by atoms with van der Waals surface area (Å²) < 4.78 is 4.15. The van der Waals surface area contributed by atoms with Gasteiger partial charge in [-0.3, -0.25) is 0 Å². The number of imidazole rings is 2. The topological polar surface area (TPSA) is 35.6 Å². The minimum atomic E-state index is -0.166. The molecule has 0 aliphatic carbocycles. The van der Waals surface area contributed by atoms with Crippen LogP contribution in [0.15, 0.2) is 36.9 Å². The lowest BCUT2D eigenvalue weighted by Gasteiger charge is -2.10. The van der Waals surface area contributed by atoms with E-state index in [0.717, 1.165) is 29.9 Å². The zero-order chi connectivity index (χ0) is 14.1. The molecule has 0 fully saturated rings. The van der Waals surface area contributed by atoms with Crippen molar-refractivity contribution in [3.05, 3.63) is 47.8 Å². The van der Waals surface area contributed by atoms with E-state index in [-0.39, 0.29) is 5.38 Å². The number of aromatic nitrogens is 4. The highest BCUT2D eigenvalue weighted by Crippen LogP contribution is 2.28. The third-order valence-corrected chi connectivity index (χ3v) is 3.76. The van der Waals surface area contributed by atoms with Crippen LogP contribution >= 0.6 is 23.2 Å². The molecule has 2 heterocycles. The SMILES string of the molecule is CC(Cl)c1nc2c(Cl)cccc2n1CCn1ccnc1. The average Bonchev–Trinajstić information content (AvgIpc) is 3.03. The lowest BCUT2D eigenvalue weighted by atomic mass is 10.3. The van der Waals surface area contributed by atoms with Crippen LogP contribution in [0.2, 0.25) is 5.02 Å². The largest absolute Gasteiger partial charge is 0.336 e. The molecular formula is C14H14Cl2N4. The summed E-state index contributed by atoms with van der Waals surface area (Å²) in [4.78, 5) is 8.63. The van der Waals surface area contributed by atoms with Gasteiger partial charge in [0, 0.05) is 25.5 Å². The molecule has 3 aromatic rings. The average molecular weight is 309 g/mol. The summed E-state index contributed by atoms with van der Waals surface area (Å²) >= 11 is 12.5. The number of para-hydroxylation sites is 1. The van der Waals surface area contributed by atoms with E-state index in [1.807, 2.05) is 35.9 Å². The fourth-order valence-electron chi connectivity index (χ4n) is 2.30. The number of nitrogens with zero attached hydrogens (tertiary/aromatic N) is 4. The molecular weight excluding hydrogens is 295 g/mol. The van der Waals surface area contributed by atoms with Gasteiger partial charge in [0.1, 0.15) is 11.3 Å². The van der Waals surface area contributed by atoms with Gasteiger partial charge >= 0.3 is 0 Å². The van der Waals surface area contributed by atoms with Gasteiger partial charge in [-0.25, -0.2) is 9.97 Å². The first-order chi connectivity index (χ1) is 9.66. The maximum Gasteiger partial charge on any atom is 0.127 e. The van der Waals surface area contributed by atoms with Crippen molar-refractivity contribution in [3.63, 3.8) is 0 Å². The van der Waals surface area contributed by atoms with Crippen LogP contribution in [0.4, 0.5) is 0 Å². The smallest absolute Gasteiger partial charge is 0.127 e. The van der Waals surface area contributed by atoms with E-state index in [9.17, 15) is 0 Å². The van der Waals surface area contributed by atoms with Crippen LogP contribution in [-0.4, -0.2) is 19.1 Å². The molecule has 20 heavy (non-hydrogen) atoms. The molecule has 1 unspecified atom stereocenters. The fraction of sp³-hybridized carbons (Fsp3) is 0.286. The van der Waals surface area contributed by atoms with Crippen molar-refractivity contribution >= 4 is 34.2 Å². The molecule has 0 aliphatic heterocycles. The van der Waals surface area contributed by atoms with Crippen molar-refractivity contribution < 1.29 is 0 Å². The molecule has 0 spiro atoms. The van der Waals surface area contributed by atoms with Crippen LogP contribution in [0.1, 0.15) is 18.1 Å². The summed E-state index contributed by atoms with van der Waals surface area (Å²) in [6, 6.07) is 5.80. The Bertz CT molecular complexity index is 716. The number of hydrogen-bond donors (Lipinski definition) is 0. The molecule has 1 aromatic carbocycles. The quantitative estimate of drug-likeness (QED) is 0.686. The molecule has 0 amide bonds. The molecule has 0 saturated carbocycles. The van der Waals surface area contributed by atoms with Gasteiger partial charge in [0.25, 0.3) is 0 Å². The van der Waals surface area contributed by atoms with Crippen molar-refractivity contribution in [2.75, 3.05) is 0 Å². The maximum absolute atomic E-state index is 6.25. The van der Waals surface area contributed by atoms with Gasteiger partial charge in [-0.15, -0.1) is 11.6 Å². The van der Waals surface area contributed by atoms with Crippen molar-refractivity contribution in [2.24, 2.45) is 0 Å². The Morgan fingerprint density at radius 1 is 1.30 bits per heavy atom. The third-order valence-electron chi connectivity index (χ3n) is 3.26. The molecule has 6 heteroatoms. The van der Waals surface area contributed by atoms with E-state index in [4.69, 9.17) is 23.2 Å².